The summed E-state index contributed by atoms with van der Waals surface area (Å²) in [4.78, 5) is 20.4. The zero-order valence-corrected chi connectivity index (χ0v) is 6.54. The number of hydrogen-bond donors (Lipinski definition) is 2. The van der Waals surface area contributed by atoms with E-state index in [4.69, 9.17) is 5.11 Å². The highest BCUT2D eigenvalue weighted by Crippen LogP contribution is 2.05. The lowest BCUT2D eigenvalue weighted by atomic mass is 10.0. The van der Waals surface area contributed by atoms with Gasteiger partial charge in [0.2, 0.25) is 0 Å². The average Bonchev–Trinajstić information content (AvgIpc) is 1.97. The highest BCUT2D eigenvalue weighted by Gasteiger charge is 2.15. The van der Waals surface area contributed by atoms with Crippen LogP contribution in [0.4, 0.5) is 0 Å². The van der Waals surface area contributed by atoms with Crippen molar-refractivity contribution in [1.29, 1.82) is 0 Å². The summed E-state index contributed by atoms with van der Waals surface area (Å²) >= 11 is 0. The molecule has 0 spiro atoms. The smallest absolute Gasteiger partial charge is 0.306 e. The molecule has 0 saturated heterocycles. The highest BCUT2D eigenvalue weighted by atomic mass is 16.4. The van der Waals surface area contributed by atoms with Crippen LogP contribution >= 0.6 is 0 Å². The van der Waals surface area contributed by atoms with Gasteiger partial charge in [-0.3, -0.25) is 4.79 Å². The highest BCUT2D eigenvalue weighted by molar-refractivity contribution is 5.73. The number of nitrogens with one attached hydrogen (secondary N) is 1. The standard InChI is InChI=1S/C7H13NO3/c1-8-4-2-6(3-5-9)7(10)11/h5-6,8H,2-4H2,1H3,(H,10,11). The maximum Gasteiger partial charge on any atom is 0.306 e. The average molecular weight is 159 g/mol. The lowest BCUT2D eigenvalue weighted by molar-refractivity contribution is -0.143. The molecule has 0 amide bonds. The summed E-state index contributed by atoms with van der Waals surface area (Å²) in [6.45, 7) is 0.630. The van der Waals surface area contributed by atoms with Crippen molar-refractivity contribution in [3.8, 4) is 0 Å². The number of carboxylic acid groups (broad SMARTS) is 1. The predicted octanol–water partition coefficient (Wildman–Crippen LogP) is -0.114. The molecular formula is C7H13NO3. The second kappa shape index (κ2) is 5.85. The van der Waals surface area contributed by atoms with E-state index < -0.39 is 11.9 Å². The molecule has 64 valence electrons. The molecule has 0 aromatic carbocycles. The summed E-state index contributed by atoms with van der Waals surface area (Å²) in [6, 6.07) is 0. The molecule has 0 fully saturated rings. The summed E-state index contributed by atoms with van der Waals surface area (Å²) in [5.74, 6) is -1.42. The molecule has 2 N–H and O–H groups in total. The Kier molecular flexibility index (Phi) is 5.37. The molecule has 11 heavy (non-hydrogen) atoms. The van der Waals surface area contributed by atoms with Crippen molar-refractivity contribution < 1.29 is 14.7 Å². The summed E-state index contributed by atoms with van der Waals surface area (Å²) < 4.78 is 0. The molecular weight excluding hydrogens is 146 g/mol. The molecule has 1 unspecified atom stereocenters. The van der Waals surface area contributed by atoms with Crippen molar-refractivity contribution in [2.45, 2.75) is 12.8 Å². The minimum Gasteiger partial charge on any atom is -0.481 e. The van der Waals surface area contributed by atoms with Gasteiger partial charge in [0.05, 0.1) is 5.92 Å². The van der Waals surface area contributed by atoms with Gasteiger partial charge in [0.25, 0.3) is 0 Å². The van der Waals surface area contributed by atoms with Gasteiger partial charge in [-0.05, 0) is 20.0 Å². The van der Waals surface area contributed by atoms with E-state index in [1.165, 1.54) is 0 Å². The van der Waals surface area contributed by atoms with Gasteiger partial charge in [0.15, 0.2) is 0 Å². The number of aliphatic carboxylic acids is 1. The number of rotatable bonds is 6. The van der Waals surface area contributed by atoms with Crippen LogP contribution in [0.2, 0.25) is 0 Å². The quantitative estimate of drug-likeness (QED) is 0.530. The van der Waals surface area contributed by atoms with E-state index in [0.717, 1.165) is 0 Å². The Hall–Kier alpha value is -0.900. The molecule has 0 aromatic rings. The van der Waals surface area contributed by atoms with Gasteiger partial charge in [-0.25, -0.2) is 0 Å². The maximum absolute atomic E-state index is 10.4. The second-order valence-corrected chi connectivity index (χ2v) is 2.33. The van der Waals surface area contributed by atoms with Crippen LogP contribution in [0.25, 0.3) is 0 Å². The van der Waals surface area contributed by atoms with E-state index in [2.05, 4.69) is 5.32 Å². The van der Waals surface area contributed by atoms with E-state index in [0.29, 0.717) is 19.3 Å². The number of carbonyl (C=O) groups excluding carboxylic acids is 1. The fourth-order valence-electron chi connectivity index (χ4n) is 0.777. The van der Waals surface area contributed by atoms with Gasteiger partial charge in [0, 0.05) is 6.42 Å². The van der Waals surface area contributed by atoms with E-state index >= 15 is 0 Å². The number of aldehydes is 1. The fourth-order valence-corrected chi connectivity index (χ4v) is 0.777. The van der Waals surface area contributed by atoms with Crippen LogP contribution in [0.15, 0.2) is 0 Å². The molecule has 1 atom stereocenters. The lowest BCUT2D eigenvalue weighted by Gasteiger charge is -2.06. The summed E-state index contributed by atoms with van der Waals surface area (Å²) in [5, 5.41) is 11.4. The third kappa shape index (κ3) is 4.50. The Morgan fingerprint density at radius 2 is 2.36 bits per heavy atom. The first-order valence-electron chi connectivity index (χ1n) is 3.53. The molecule has 0 aliphatic rings. The van der Waals surface area contributed by atoms with Crippen molar-refractivity contribution in [1.82, 2.24) is 5.32 Å². The number of hydrogen-bond acceptors (Lipinski definition) is 3. The fraction of sp³-hybridized carbons (Fsp3) is 0.714. The van der Waals surface area contributed by atoms with Crippen LogP contribution in [0.3, 0.4) is 0 Å². The molecule has 4 nitrogen and oxygen atoms in total. The Morgan fingerprint density at radius 1 is 1.73 bits per heavy atom. The second-order valence-electron chi connectivity index (χ2n) is 2.33. The molecule has 0 rings (SSSR count). The molecule has 0 heterocycles. The van der Waals surface area contributed by atoms with Crippen molar-refractivity contribution in [2.75, 3.05) is 13.6 Å². The van der Waals surface area contributed by atoms with Gasteiger partial charge in [-0.2, -0.15) is 0 Å². The molecule has 0 aliphatic carbocycles. The maximum atomic E-state index is 10.4. The third-order valence-corrected chi connectivity index (χ3v) is 1.47. The van der Waals surface area contributed by atoms with Crippen LogP contribution in [0, 0.1) is 5.92 Å². The minimum absolute atomic E-state index is 0.108. The van der Waals surface area contributed by atoms with E-state index in [1.54, 1.807) is 7.05 Å². The van der Waals surface area contributed by atoms with Gasteiger partial charge in [0.1, 0.15) is 6.29 Å². The van der Waals surface area contributed by atoms with Crippen LogP contribution in [0.5, 0.6) is 0 Å². The van der Waals surface area contributed by atoms with E-state index in [9.17, 15) is 9.59 Å². The third-order valence-electron chi connectivity index (χ3n) is 1.47. The van der Waals surface area contributed by atoms with Crippen LogP contribution < -0.4 is 5.32 Å². The van der Waals surface area contributed by atoms with Crippen LogP contribution in [0.1, 0.15) is 12.8 Å². The normalized spacial score (nSPS) is 12.5. The first kappa shape index (κ1) is 10.1. The first-order valence-corrected chi connectivity index (χ1v) is 3.53. The Balaban J connectivity index is 3.69. The summed E-state index contributed by atoms with van der Waals surface area (Å²) in [5.41, 5.74) is 0. The van der Waals surface area contributed by atoms with Gasteiger partial charge >= 0.3 is 5.97 Å². The SMILES string of the molecule is CNCCC(CC=O)C(=O)O. The molecule has 0 saturated carbocycles. The summed E-state index contributed by atoms with van der Waals surface area (Å²) in [7, 11) is 1.75. The van der Waals surface area contributed by atoms with Crippen molar-refractivity contribution in [2.24, 2.45) is 5.92 Å². The van der Waals surface area contributed by atoms with Crippen molar-refractivity contribution in [3.63, 3.8) is 0 Å². The first-order chi connectivity index (χ1) is 5.22. The van der Waals surface area contributed by atoms with Gasteiger partial charge in [-0.1, -0.05) is 0 Å². The zero-order chi connectivity index (χ0) is 8.69. The minimum atomic E-state index is -0.896. The lowest BCUT2D eigenvalue weighted by Crippen LogP contribution is -2.20. The topological polar surface area (TPSA) is 66.4 Å². The number of carbonyl (C=O) groups is 2. The van der Waals surface area contributed by atoms with E-state index in [1.807, 2.05) is 0 Å². The largest absolute Gasteiger partial charge is 0.481 e. The Morgan fingerprint density at radius 3 is 2.73 bits per heavy atom. The molecule has 0 radical (unpaired) electrons. The number of carboxylic acids is 1. The van der Waals surface area contributed by atoms with Crippen LogP contribution in [-0.2, 0) is 9.59 Å². The summed E-state index contributed by atoms with van der Waals surface area (Å²) in [6.07, 6.45) is 1.26. The van der Waals surface area contributed by atoms with Crippen molar-refractivity contribution >= 4 is 12.3 Å². The van der Waals surface area contributed by atoms with E-state index in [-0.39, 0.29) is 6.42 Å². The Bertz CT molecular complexity index is 136. The molecule has 4 heteroatoms. The van der Waals surface area contributed by atoms with Crippen molar-refractivity contribution in [3.05, 3.63) is 0 Å². The zero-order valence-electron chi connectivity index (χ0n) is 6.54. The van der Waals surface area contributed by atoms with Crippen LogP contribution in [-0.4, -0.2) is 31.0 Å². The molecule has 0 aromatic heterocycles. The monoisotopic (exact) mass is 159 g/mol. The molecule has 0 aliphatic heterocycles. The molecule has 0 bridgehead atoms. The van der Waals surface area contributed by atoms with Gasteiger partial charge < -0.3 is 15.2 Å². The predicted molar refractivity (Wildman–Crippen MR) is 40.4 cm³/mol. The Labute approximate surface area is 65.6 Å². The van der Waals surface area contributed by atoms with Gasteiger partial charge in [-0.15, -0.1) is 0 Å².